The lowest BCUT2D eigenvalue weighted by molar-refractivity contribution is -2.00. The molecule has 11 nitrogen and oxygen atoms in total. The summed E-state index contributed by atoms with van der Waals surface area (Å²) in [6, 6.07) is 26.5. The Kier molecular flexibility index (Phi) is 11.4. The molecular weight excluding hydrogens is 543 g/mol. The Hall–Kier alpha value is -2.20. The van der Waals surface area contributed by atoms with Gasteiger partial charge in [0.2, 0.25) is 0 Å². The normalized spacial score (nSPS) is 12.6. The second-order valence-corrected chi connectivity index (χ2v) is 11.5. The van der Waals surface area contributed by atoms with E-state index in [4.69, 9.17) is 37.3 Å². The van der Waals surface area contributed by atoms with E-state index in [0.29, 0.717) is 0 Å². The molecule has 0 aliphatic heterocycles. The average molecular weight is 575 g/mol. The molecule has 0 aliphatic rings. The first-order valence-corrected chi connectivity index (χ1v) is 13.4. The van der Waals surface area contributed by atoms with Crippen molar-refractivity contribution in [2.24, 2.45) is 0 Å². The molecule has 13 heteroatoms. The number of quaternary nitrogens is 2. The van der Waals surface area contributed by atoms with Gasteiger partial charge in [0.25, 0.3) is 0 Å². The number of halogens is 2. The minimum absolute atomic E-state index is 0.738. The molecule has 0 heterocycles. The van der Waals surface area contributed by atoms with Gasteiger partial charge in [0.1, 0.15) is 17.0 Å². The van der Waals surface area contributed by atoms with Gasteiger partial charge >= 0.3 is 0 Å². The fraction of sp³-hybridized carbons (Fsp3) is 0.280. The van der Waals surface area contributed by atoms with E-state index in [1.807, 2.05) is 54.6 Å². The van der Waals surface area contributed by atoms with Gasteiger partial charge in [-0.3, -0.25) is 8.97 Å². The number of aliphatic hydroxyl groups is 1. The van der Waals surface area contributed by atoms with E-state index in [-0.39, 0.29) is 0 Å². The lowest BCUT2D eigenvalue weighted by atomic mass is 9.80. The smallest absolute Gasteiger partial charge is 0.140 e. The molecular formula is C25H32Cl2N2O9. The summed E-state index contributed by atoms with van der Waals surface area (Å²) in [6.45, 7) is 0. The first kappa shape index (κ1) is 33.8. The van der Waals surface area contributed by atoms with Crippen LogP contribution in [0.15, 0.2) is 78.9 Å². The number of benzene rings is 3. The molecule has 0 fully saturated rings. The van der Waals surface area contributed by atoms with Gasteiger partial charge < -0.3 is 5.11 Å². The van der Waals surface area contributed by atoms with Crippen LogP contribution in [0.2, 0.25) is 0 Å². The molecule has 0 saturated carbocycles. The van der Waals surface area contributed by atoms with Crippen LogP contribution in [0.4, 0.5) is 11.4 Å². The summed E-state index contributed by atoms with van der Waals surface area (Å²) in [5.74, 6) is 0. The highest BCUT2D eigenvalue weighted by molar-refractivity contribution is 5.53. The number of rotatable bonds is 5. The molecule has 0 aliphatic carbocycles. The van der Waals surface area contributed by atoms with Gasteiger partial charge in [0, 0.05) is 0 Å². The molecule has 0 atom stereocenters. The maximum absolute atomic E-state index is 12.0. The van der Waals surface area contributed by atoms with Crippen molar-refractivity contribution in [3.8, 4) is 0 Å². The van der Waals surface area contributed by atoms with Gasteiger partial charge in [-0.1, -0.05) is 30.3 Å². The Morgan fingerprint density at radius 3 is 0.947 bits per heavy atom. The second-order valence-electron chi connectivity index (χ2n) is 9.95. The standard InChI is InChI=1S/C25H32N2O.2ClHO4/c1-26(2,3)23-16-12-21(13-17-23)25(28,20-10-8-7-9-11-20)22-14-18-24(19-15-22)27(4,5)6;2*2-1(3,4)5/h7-19,28H,1-6H3;2*(H,2,3,4,5)/q+2;;/p-2. The summed E-state index contributed by atoms with van der Waals surface area (Å²) in [5, 5.41) is 12.0. The summed E-state index contributed by atoms with van der Waals surface area (Å²) in [4.78, 5) is 0. The summed E-state index contributed by atoms with van der Waals surface area (Å²) < 4.78 is 69.4. The monoisotopic (exact) mass is 574 g/mol. The zero-order valence-electron chi connectivity index (χ0n) is 21.9. The van der Waals surface area contributed by atoms with E-state index >= 15 is 0 Å². The van der Waals surface area contributed by atoms with Crippen LogP contribution in [0, 0.1) is 20.5 Å². The molecule has 0 bridgehead atoms. The maximum atomic E-state index is 12.0. The highest BCUT2D eigenvalue weighted by atomic mass is 35.7. The largest absolute Gasteiger partial charge is 0.376 e. The molecule has 0 radical (unpaired) electrons. The number of hydrogen-bond acceptors (Lipinski definition) is 9. The first-order chi connectivity index (χ1) is 17.0. The van der Waals surface area contributed by atoms with Crippen LogP contribution in [-0.4, -0.2) is 47.4 Å². The second kappa shape index (κ2) is 12.8. The van der Waals surface area contributed by atoms with Crippen molar-refractivity contribution in [1.29, 1.82) is 0 Å². The van der Waals surface area contributed by atoms with Crippen molar-refractivity contribution >= 4 is 11.4 Å². The van der Waals surface area contributed by atoms with Gasteiger partial charge in [0.05, 0.1) is 42.3 Å². The molecule has 3 aromatic rings. The van der Waals surface area contributed by atoms with Gasteiger partial charge in [-0.05, 0) is 65.2 Å². The average Bonchev–Trinajstić information content (AvgIpc) is 2.76. The van der Waals surface area contributed by atoms with E-state index in [9.17, 15) is 5.11 Å². The van der Waals surface area contributed by atoms with Crippen molar-refractivity contribution < 1.29 is 62.9 Å². The molecule has 0 amide bonds. The topological polar surface area (TPSA) is 205 Å². The molecule has 0 spiro atoms. The predicted octanol–water partition coefficient (Wildman–Crippen LogP) is -5.15. The van der Waals surface area contributed by atoms with Crippen molar-refractivity contribution in [2.45, 2.75) is 5.60 Å². The fourth-order valence-electron chi connectivity index (χ4n) is 3.48. The van der Waals surface area contributed by atoms with Crippen molar-refractivity contribution in [2.75, 3.05) is 42.3 Å². The number of hydrogen-bond donors (Lipinski definition) is 1. The van der Waals surface area contributed by atoms with Gasteiger partial charge in [-0.15, -0.1) is 20.5 Å². The Morgan fingerprint density at radius 2 is 0.711 bits per heavy atom. The Morgan fingerprint density at radius 1 is 0.474 bits per heavy atom. The van der Waals surface area contributed by atoms with E-state index in [1.165, 1.54) is 11.4 Å². The third kappa shape index (κ3) is 11.7. The first-order valence-electron chi connectivity index (χ1n) is 10.9. The fourth-order valence-corrected chi connectivity index (χ4v) is 3.48. The van der Waals surface area contributed by atoms with Crippen LogP contribution in [0.1, 0.15) is 16.7 Å². The molecule has 0 unspecified atom stereocenters. The van der Waals surface area contributed by atoms with Crippen LogP contribution in [-0.2, 0) is 5.60 Å². The number of nitrogens with zero attached hydrogens (tertiary/aromatic N) is 2. The quantitative estimate of drug-likeness (QED) is 0.228. The summed E-state index contributed by atoms with van der Waals surface area (Å²) in [6.07, 6.45) is 0. The molecule has 210 valence electrons. The molecule has 3 rings (SSSR count). The molecule has 3 aromatic carbocycles. The van der Waals surface area contributed by atoms with E-state index in [2.05, 4.69) is 66.6 Å². The van der Waals surface area contributed by atoms with Crippen LogP contribution in [0.25, 0.3) is 0 Å². The zero-order valence-corrected chi connectivity index (χ0v) is 23.4. The molecule has 1 N–H and O–H groups in total. The SMILES string of the molecule is C[N+](C)(C)c1ccc(C(O)(c2ccccc2)c2ccc([N+](C)(C)C)cc2)cc1.[O-][Cl+3]([O-])([O-])[O-].[O-][Cl+3]([O-])([O-])[O-]. The van der Waals surface area contributed by atoms with Crippen molar-refractivity contribution in [3.63, 3.8) is 0 Å². The van der Waals surface area contributed by atoms with Crippen LogP contribution in [0.5, 0.6) is 0 Å². The summed E-state index contributed by atoms with van der Waals surface area (Å²) in [7, 11) is 2.96. The zero-order chi connectivity index (χ0) is 29.6. The molecule has 38 heavy (non-hydrogen) atoms. The van der Waals surface area contributed by atoms with Crippen LogP contribution >= 0.6 is 0 Å². The Labute approximate surface area is 226 Å². The minimum Gasteiger partial charge on any atom is -0.376 e. The molecule has 0 saturated heterocycles. The summed E-state index contributed by atoms with van der Waals surface area (Å²) >= 11 is 0. The van der Waals surface area contributed by atoms with Crippen LogP contribution in [0.3, 0.4) is 0 Å². The highest BCUT2D eigenvalue weighted by Gasteiger charge is 2.34. The van der Waals surface area contributed by atoms with Gasteiger partial charge in [0.15, 0.2) is 0 Å². The lowest BCUT2D eigenvalue weighted by Gasteiger charge is -2.32. The molecule has 0 aromatic heterocycles. The third-order valence-corrected chi connectivity index (χ3v) is 5.31. The highest BCUT2D eigenvalue weighted by Crippen LogP contribution is 2.38. The Bertz CT molecular complexity index is 1040. The Balaban J connectivity index is 0.000000616. The third-order valence-electron chi connectivity index (χ3n) is 5.31. The van der Waals surface area contributed by atoms with Crippen molar-refractivity contribution in [1.82, 2.24) is 8.97 Å². The summed E-state index contributed by atoms with van der Waals surface area (Å²) in [5.41, 5.74) is 3.79. The van der Waals surface area contributed by atoms with E-state index in [0.717, 1.165) is 25.7 Å². The van der Waals surface area contributed by atoms with Crippen molar-refractivity contribution in [3.05, 3.63) is 95.6 Å². The van der Waals surface area contributed by atoms with Crippen LogP contribution < -0.4 is 46.2 Å². The van der Waals surface area contributed by atoms with E-state index < -0.39 is 26.1 Å². The lowest BCUT2D eigenvalue weighted by Crippen LogP contribution is -2.68. The predicted molar refractivity (Wildman–Crippen MR) is 121 cm³/mol. The van der Waals surface area contributed by atoms with Gasteiger partial charge in [-0.25, -0.2) is 37.3 Å². The van der Waals surface area contributed by atoms with E-state index in [1.54, 1.807) is 0 Å². The minimum atomic E-state index is -4.94. The maximum Gasteiger partial charge on any atom is 0.140 e. The van der Waals surface area contributed by atoms with Gasteiger partial charge in [-0.2, -0.15) is 0 Å².